The summed E-state index contributed by atoms with van der Waals surface area (Å²) < 4.78 is 0. The van der Waals surface area contributed by atoms with Crippen LogP contribution in [0.3, 0.4) is 0 Å². The van der Waals surface area contributed by atoms with Crippen LogP contribution in [0.1, 0.15) is 20.7 Å². The van der Waals surface area contributed by atoms with E-state index in [1.807, 2.05) is 0 Å². The lowest BCUT2D eigenvalue weighted by atomic mass is 10.0. The van der Waals surface area contributed by atoms with Crippen LogP contribution in [-0.4, -0.2) is 27.1 Å². The van der Waals surface area contributed by atoms with Crippen LogP contribution in [0.4, 0.5) is 11.4 Å². The van der Waals surface area contributed by atoms with Crippen molar-refractivity contribution < 1.29 is 24.7 Å². The highest BCUT2D eigenvalue weighted by Crippen LogP contribution is 2.27. The predicted octanol–water partition coefficient (Wildman–Crippen LogP) is 0.573. The van der Waals surface area contributed by atoms with Crippen LogP contribution in [0.25, 0.3) is 0 Å². The third kappa shape index (κ3) is 1.75. The van der Waals surface area contributed by atoms with Gasteiger partial charge in [-0.1, -0.05) is 0 Å². The van der Waals surface area contributed by atoms with Gasteiger partial charge in [-0.05, 0) is 6.07 Å². The molecule has 1 rings (SSSR count). The highest BCUT2D eigenvalue weighted by molar-refractivity contribution is 6.08. The van der Waals surface area contributed by atoms with Gasteiger partial charge in [0.25, 0.3) is 5.69 Å². The van der Waals surface area contributed by atoms with E-state index < -0.39 is 33.7 Å². The van der Waals surface area contributed by atoms with Crippen molar-refractivity contribution in [3.8, 4) is 0 Å². The van der Waals surface area contributed by atoms with Gasteiger partial charge in [-0.3, -0.25) is 10.1 Å². The third-order valence-electron chi connectivity index (χ3n) is 1.84. The zero-order valence-corrected chi connectivity index (χ0v) is 7.71. The number of hydrogen-bond acceptors (Lipinski definition) is 5. The van der Waals surface area contributed by atoms with Gasteiger partial charge in [-0.25, -0.2) is 9.59 Å². The summed E-state index contributed by atoms with van der Waals surface area (Å²) in [6.07, 6.45) is 0. The summed E-state index contributed by atoms with van der Waals surface area (Å²) in [4.78, 5) is 31.1. The quantitative estimate of drug-likeness (QED) is 0.388. The molecule has 84 valence electrons. The molecule has 0 amide bonds. The number of rotatable bonds is 3. The minimum Gasteiger partial charge on any atom is -0.478 e. The van der Waals surface area contributed by atoms with E-state index >= 15 is 0 Å². The number of aromatic carboxylic acids is 2. The molecule has 8 nitrogen and oxygen atoms in total. The minimum atomic E-state index is -1.71. The molecular weight excluding hydrogens is 220 g/mol. The first kappa shape index (κ1) is 11.4. The van der Waals surface area contributed by atoms with Crippen LogP contribution in [-0.2, 0) is 0 Å². The predicted molar refractivity (Wildman–Crippen MR) is 51.4 cm³/mol. The van der Waals surface area contributed by atoms with Gasteiger partial charge in [0.1, 0.15) is 5.56 Å². The molecule has 0 aliphatic rings. The Morgan fingerprint density at radius 3 is 2.06 bits per heavy atom. The van der Waals surface area contributed by atoms with E-state index in [-0.39, 0.29) is 5.69 Å². The number of nitro benzene ring substituents is 1. The lowest BCUT2D eigenvalue weighted by Gasteiger charge is -2.05. The molecule has 0 saturated heterocycles. The van der Waals surface area contributed by atoms with Gasteiger partial charge >= 0.3 is 11.9 Å². The molecule has 0 unspecified atom stereocenters. The van der Waals surface area contributed by atoms with Crippen LogP contribution >= 0.6 is 0 Å². The van der Waals surface area contributed by atoms with Gasteiger partial charge < -0.3 is 15.9 Å². The van der Waals surface area contributed by atoms with Crippen LogP contribution in [0.2, 0.25) is 0 Å². The standard InChI is InChI=1S/C8H6N2O6/c9-3-1-2-4(10(15)16)6(8(13)14)5(3)7(11)12/h1-2H,9H2,(H,11,12)(H,13,14). The van der Waals surface area contributed by atoms with E-state index in [0.29, 0.717) is 0 Å². The van der Waals surface area contributed by atoms with Crippen molar-refractivity contribution in [3.05, 3.63) is 33.4 Å². The summed E-state index contributed by atoms with van der Waals surface area (Å²) in [6, 6.07) is 1.83. The first-order valence-electron chi connectivity index (χ1n) is 3.89. The second-order valence-electron chi connectivity index (χ2n) is 2.79. The van der Waals surface area contributed by atoms with Crippen molar-refractivity contribution in [3.63, 3.8) is 0 Å². The normalized spacial score (nSPS) is 9.75. The average Bonchev–Trinajstić information content (AvgIpc) is 2.15. The number of anilines is 1. The van der Waals surface area contributed by atoms with E-state index in [9.17, 15) is 19.7 Å². The number of benzene rings is 1. The minimum absolute atomic E-state index is 0.337. The molecular formula is C8H6N2O6. The molecule has 0 radical (unpaired) electrons. The molecule has 0 aliphatic carbocycles. The summed E-state index contributed by atoms with van der Waals surface area (Å²) in [7, 11) is 0. The van der Waals surface area contributed by atoms with Gasteiger partial charge in [-0.2, -0.15) is 0 Å². The Balaban J connectivity index is 3.70. The second-order valence-corrected chi connectivity index (χ2v) is 2.79. The number of hydrogen-bond donors (Lipinski definition) is 3. The molecule has 0 atom stereocenters. The van der Waals surface area contributed by atoms with Crippen LogP contribution in [0, 0.1) is 10.1 Å². The van der Waals surface area contributed by atoms with Crippen LogP contribution in [0.15, 0.2) is 12.1 Å². The molecule has 1 aromatic carbocycles. The van der Waals surface area contributed by atoms with Crippen molar-refractivity contribution in [2.24, 2.45) is 0 Å². The van der Waals surface area contributed by atoms with Gasteiger partial charge in [0.15, 0.2) is 5.56 Å². The molecule has 0 aliphatic heterocycles. The Morgan fingerprint density at radius 1 is 1.19 bits per heavy atom. The summed E-state index contributed by atoms with van der Waals surface area (Å²) in [5.41, 5.74) is 2.42. The molecule has 8 heteroatoms. The number of carbonyl (C=O) groups is 2. The first-order valence-corrected chi connectivity index (χ1v) is 3.89. The molecule has 0 heterocycles. The highest BCUT2D eigenvalue weighted by Gasteiger charge is 2.29. The maximum absolute atomic E-state index is 10.8. The molecule has 0 spiro atoms. The monoisotopic (exact) mass is 226 g/mol. The Morgan fingerprint density at radius 2 is 1.69 bits per heavy atom. The van der Waals surface area contributed by atoms with Gasteiger partial charge in [0.05, 0.1) is 4.92 Å². The van der Waals surface area contributed by atoms with Gasteiger partial charge in [0, 0.05) is 11.8 Å². The smallest absolute Gasteiger partial charge is 0.343 e. The number of nitrogens with zero attached hydrogens (tertiary/aromatic N) is 1. The first-order chi connectivity index (χ1) is 7.36. The lowest BCUT2D eigenvalue weighted by molar-refractivity contribution is -0.385. The van der Waals surface area contributed by atoms with Crippen molar-refractivity contribution >= 4 is 23.3 Å². The SMILES string of the molecule is Nc1ccc([N+](=O)[O-])c(C(=O)O)c1C(=O)O. The number of carboxylic acid groups (broad SMARTS) is 2. The summed E-state index contributed by atoms with van der Waals surface area (Å²) >= 11 is 0. The summed E-state index contributed by atoms with van der Waals surface area (Å²) in [5, 5.41) is 28.0. The fourth-order valence-electron chi connectivity index (χ4n) is 1.21. The van der Waals surface area contributed by atoms with Crippen molar-refractivity contribution in [2.45, 2.75) is 0 Å². The van der Waals surface area contributed by atoms with Crippen molar-refractivity contribution in [1.29, 1.82) is 0 Å². The zero-order chi connectivity index (χ0) is 12.5. The van der Waals surface area contributed by atoms with E-state index in [2.05, 4.69) is 0 Å². The topological polar surface area (TPSA) is 144 Å². The fraction of sp³-hybridized carbons (Fsp3) is 0. The Kier molecular flexibility index (Phi) is 2.75. The van der Waals surface area contributed by atoms with Crippen LogP contribution in [0.5, 0.6) is 0 Å². The van der Waals surface area contributed by atoms with E-state index in [1.165, 1.54) is 0 Å². The molecule has 0 fully saturated rings. The summed E-state index contributed by atoms with van der Waals surface area (Å²) in [5.74, 6) is -3.34. The maximum atomic E-state index is 10.8. The van der Waals surface area contributed by atoms with E-state index in [0.717, 1.165) is 12.1 Å². The Hall–Kier alpha value is -2.64. The van der Waals surface area contributed by atoms with E-state index in [1.54, 1.807) is 0 Å². The molecule has 0 bridgehead atoms. The molecule has 0 saturated carbocycles. The zero-order valence-electron chi connectivity index (χ0n) is 7.71. The highest BCUT2D eigenvalue weighted by atomic mass is 16.6. The van der Waals surface area contributed by atoms with Gasteiger partial charge in [0.2, 0.25) is 0 Å². The Labute approximate surface area is 88.1 Å². The maximum Gasteiger partial charge on any atom is 0.343 e. The molecule has 1 aromatic rings. The second kappa shape index (κ2) is 3.85. The van der Waals surface area contributed by atoms with Gasteiger partial charge in [-0.15, -0.1) is 0 Å². The van der Waals surface area contributed by atoms with Crippen molar-refractivity contribution in [2.75, 3.05) is 5.73 Å². The average molecular weight is 226 g/mol. The molecule has 16 heavy (non-hydrogen) atoms. The largest absolute Gasteiger partial charge is 0.478 e. The third-order valence-corrected chi connectivity index (χ3v) is 1.84. The van der Waals surface area contributed by atoms with Crippen LogP contribution < -0.4 is 5.73 Å². The fourth-order valence-corrected chi connectivity index (χ4v) is 1.21. The number of nitro groups is 1. The summed E-state index contributed by atoms with van der Waals surface area (Å²) in [6.45, 7) is 0. The van der Waals surface area contributed by atoms with Crippen molar-refractivity contribution in [1.82, 2.24) is 0 Å². The molecule has 0 aromatic heterocycles. The lowest BCUT2D eigenvalue weighted by Crippen LogP contribution is -2.13. The molecule has 4 N–H and O–H groups in total. The number of nitrogens with two attached hydrogens (primary N) is 1. The Bertz CT molecular complexity index is 496. The van der Waals surface area contributed by atoms with E-state index in [4.69, 9.17) is 15.9 Å². The number of nitrogen functional groups attached to an aromatic ring is 1. The number of carboxylic acids is 2.